The van der Waals surface area contributed by atoms with Gasteiger partial charge in [-0.05, 0) is 61.3 Å². The van der Waals surface area contributed by atoms with Crippen molar-refractivity contribution in [2.24, 2.45) is 5.92 Å². The van der Waals surface area contributed by atoms with Gasteiger partial charge in [-0.1, -0.05) is 11.3 Å². The molecule has 1 fully saturated rings. The van der Waals surface area contributed by atoms with Crippen LogP contribution in [0.2, 0.25) is 0 Å². The summed E-state index contributed by atoms with van der Waals surface area (Å²) in [4.78, 5) is 41.3. The highest BCUT2D eigenvalue weighted by molar-refractivity contribution is 7.99. The normalized spacial score (nSPS) is 14.7. The van der Waals surface area contributed by atoms with Gasteiger partial charge in [-0.25, -0.2) is 9.07 Å². The number of hydrogen-bond donors (Lipinski definition) is 2. The van der Waals surface area contributed by atoms with Crippen molar-refractivity contribution in [2.45, 2.75) is 58.4 Å². The molecule has 10 nitrogen and oxygen atoms in total. The Hall–Kier alpha value is -3.54. The molecule has 12 heteroatoms. The van der Waals surface area contributed by atoms with Crippen LogP contribution in [0.25, 0.3) is 0 Å². The summed E-state index contributed by atoms with van der Waals surface area (Å²) in [6.07, 6.45) is 5.96. The van der Waals surface area contributed by atoms with Gasteiger partial charge in [-0.2, -0.15) is 11.8 Å². The van der Waals surface area contributed by atoms with Crippen LogP contribution in [0.1, 0.15) is 47.4 Å². The molecule has 0 aromatic carbocycles. The third-order valence-corrected chi connectivity index (χ3v) is 7.41. The lowest BCUT2D eigenvalue weighted by Crippen LogP contribution is -2.24. The first-order chi connectivity index (χ1) is 18.4. The van der Waals surface area contributed by atoms with Crippen LogP contribution in [0.15, 0.2) is 47.7 Å². The van der Waals surface area contributed by atoms with Gasteiger partial charge in [0.15, 0.2) is 5.69 Å². The molecular formula is C26H32FN7O3S. The molecule has 4 rings (SSSR count). The third-order valence-electron chi connectivity index (χ3n) is 6.36. The van der Waals surface area contributed by atoms with Gasteiger partial charge in [-0.15, -0.1) is 5.10 Å². The molecule has 4 heterocycles. The molecule has 1 unspecified atom stereocenters. The molecule has 0 bridgehead atoms. The van der Waals surface area contributed by atoms with Gasteiger partial charge in [-0.3, -0.25) is 19.4 Å². The minimum atomic E-state index is -1.30. The molecule has 1 atom stereocenters. The molecule has 0 radical (unpaired) electrons. The number of aryl methyl sites for hydroxylation is 2. The van der Waals surface area contributed by atoms with E-state index in [9.17, 15) is 18.8 Å². The first-order valence-electron chi connectivity index (χ1n) is 12.7. The second-order valence-electron chi connectivity index (χ2n) is 9.46. The van der Waals surface area contributed by atoms with Crippen LogP contribution in [-0.4, -0.2) is 54.0 Å². The zero-order valence-corrected chi connectivity index (χ0v) is 22.1. The van der Waals surface area contributed by atoms with E-state index < -0.39 is 12.1 Å². The minimum absolute atomic E-state index is 0.0765. The maximum Gasteiger partial charge on any atom is 0.273 e. The SMILES string of the molecule is Cc1ccc(CNC(=O)c2cn(CC(F)CCn3ccc(NC(=O)CC4CCSCC4)cc3=O)nn2)cn1. The topological polar surface area (TPSA) is 124 Å². The zero-order valence-electron chi connectivity index (χ0n) is 21.3. The van der Waals surface area contributed by atoms with Gasteiger partial charge >= 0.3 is 0 Å². The summed E-state index contributed by atoms with van der Waals surface area (Å²) in [6, 6.07) is 6.74. The molecule has 2 N–H and O–H groups in total. The van der Waals surface area contributed by atoms with E-state index in [1.165, 1.54) is 21.5 Å². The molecular weight excluding hydrogens is 509 g/mol. The van der Waals surface area contributed by atoms with Crippen molar-refractivity contribution in [1.82, 2.24) is 29.9 Å². The summed E-state index contributed by atoms with van der Waals surface area (Å²) in [7, 11) is 0. The van der Waals surface area contributed by atoms with Crippen LogP contribution < -0.4 is 16.2 Å². The van der Waals surface area contributed by atoms with E-state index in [1.807, 2.05) is 30.8 Å². The van der Waals surface area contributed by atoms with Crippen LogP contribution in [-0.2, 0) is 24.4 Å². The van der Waals surface area contributed by atoms with Crippen molar-refractivity contribution in [3.05, 3.63) is 70.2 Å². The van der Waals surface area contributed by atoms with Crippen LogP contribution >= 0.6 is 11.8 Å². The number of anilines is 1. The molecule has 3 aromatic heterocycles. The monoisotopic (exact) mass is 541 g/mol. The highest BCUT2D eigenvalue weighted by atomic mass is 32.2. The number of pyridine rings is 2. The number of thioether (sulfide) groups is 1. The summed E-state index contributed by atoms with van der Waals surface area (Å²) in [5, 5.41) is 13.2. The highest BCUT2D eigenvalue weighted by Gasteiger charge is 2.18. The van der Waals surface area contributed by atoms with Crippen molar-refractivity contribution in [1.29, 1.82) is 0 Å². The fraction of sp³-hybridized carbons (Fsp3) is 0.462. The molecule has 0 aliphatic carbocycles. The van der Waals surface area contributed by atoms with Gasteiger partial charge in [0.1, 0.15) is 6.17 Å². The lowest BCUT2D eigenvalue weighted by Gasteiger charge is -2.20. The Morgan fingerprint density at radius 1 is 1.24 bits per heavy atom. The number of hydrogen-bond acceptors (Lipinski definition) is 7. The van der Waals surface area contributed by atoms with Gasteiger partial charge in [0.2, 0.25) is 5.91 Å². The van der Waals surface area contributed by atoms with Gasteiger partial charge < -0.3 is 15.2 Å². The fourth-order valence-corrected chi connectivity index (χ4v) is 5.34. The summed E-state index contributed by atoms with van der Waals surface area (Å²) in [5.41, 5.74) is 1.97. The van der Waals surface area contributed by atoms with E-state index in [-0.39, 0.29) is 36.7 Å². The van der Waals surface area contributed by atoms with Gasteiger partial charge in [0.25, 0.3) is 11.5 Å². The number of nitrogens with one attached hydrogen (secondary N) is 2. The van der Waals surface area contributed by atoms with E-state index >= 15 is 0 Å². The Bertz CT molecular complexity index is 1290. The zero-order chi connectivity index (χ0) is 26.9. The van der Waals surface area contributed by atoms with E-state index in [0.717, 1.165) is 35.6 Å². The Labute approximate surface area is 224 Å². The largest absolute Gasteiger partial charge is 0.346 e. The predicted octanol–water partition coefficient (Wildman–Crippen LogP) is 2.97. The van der Waals surface area contributed by atoms with Crippen molar-refractivity contribution in [2.75, 3.05) is 16.8 Å². The van der Waals surface area contributed by atoms with Crippen molar-refractivity contribution in [3.8, 4) is 0 Å². The standard InChI is InChI=1S/C26H32FN7O3S/c1-18-2-3-20(14-28-18)15-29-26(37)23-17-34(32-31-23)16-21(27)4-8-33-9-5-22(13-25(33)36)30-24(35)12-19-6-10-38-11-7-19/h2-3,5,9,13-14,17,19,21H,4,6-8,10-12,15-16H2,1H3,(H,29,37)(H,30,35). The first-order valence-corrected chi connectivity index (χ1v) is 13.8. The predicted molar refractivity (Wildman–Crippen MR) is 144 cm³/mol. The molecule has 0 saturated carbocycles. The second kappa shape index (κ2) is 13.3. The van der Waals surface area contributed by atoms with Crippen LogP contribution in [0.3, 0.4) is 0 Å². The van der Waals surface area contributed by atoms with Crippen molar-refractivity contribution < 1.29 is 14.0 Å². The van der Waals surface area contributed by atoms with Gasteiger partial charge in [0.05, 0.1) is 12.7 Å². The molecule has 1 saturated heterocycles. The number of halogens is 1. The first kappa shape index (κ1) is 27.5. The highest BCUT2D eigenvalue weighted by Crippen LogP contribution is 2.25. The fourth-order valence-electron chi connectivity index (χ4n) is 4.14. The average molecular weight is 542 g/mol. The van der Waals surface area contributed by atoms with Crippen molar-refractivity contribution >= 4 is 29.3 Å². The van der Waals surface area contributed by atoms with E-state index in [2.05, 4.69) is 25.9 Å². The lowest BCUT2D eigenvalue weighted by molar-refractivity contribution is -0.117. The maximum absolute atomic E-state index is 14.6. The molecule has 0 spiro atoms. The molecule has 202 valence electrons. The summed E-state index contributed by atoms with van der Waals surface area (Å²) < 4.78 is 17.3. The van der Waals surface area contributed by atoms with E-state index in [0.29, 0.717) is 24.6 Å². The quantitative estimate of drug-likeness (QED) is 0.383. The average Bonchev–Trinajstić information content (AvgIpc) is 3.36. The third kappa shape index (κ3) is 8.23. The Morgan fingerprint density at radius 2 is 2.05 bits per heavy atom. The number of amides is 2. The molecule has 1 aliphatic rings. The lowest BCUT2D eigenvalue weighted by atomic mass is 9.98. The Balaban J connectivity index is 1.21. The number of carbonyl (C=O) groups excluding carboxylic acids is 2. The number of rotatable bonds is 11. The maximum atomic E-state index is 14.6. The van der Waals surface area contributed by atoms with Gasteiger partial charge in [0, 0.05) is 49.4 Å². The van der Waals surface area contributed by atoms with Crippen molar-refractivity contribution in [3.63, 3.8) is 0 Å². The Kier molecular flexibility index (Phi) is 9.63. The van der Waals surface area contributed by atoms with Crippen LogP contribution in [0.5, 0.6) is 0 Å². The summed E-state index contributed by atoms with van der Waals surface area (Å²) in [6.45, 7) is 2.25. The number of alkyl halides is 1. The van der Waals surface area contributed by atoms with Crippen LogP contribution in [0.4, 0.5) is 10.1 Å². The molecule has 3 aromatic rings. The number of carbonyl (C=O) groups is 2. The molecule has 1 aliphatic heterocycles. The second-order valence-corrected chi connectivity index (χ2v) is 10.7. The minimum Gasteiger partial charge on any atom is -0.346 e. The van der Waals surface area contributed by atoms with E-state index in [1.54, 1.807) is 18.5 Å². The summed E-state index contributed by atoms with van der Waals surface area (Å²) in [5.74, 6) is 2.07. The number of aromatic nitrogens is 5. The van der Waals surface area contributed by atoms with E-state index in [4.69, 9.17) is 0 Å². The molecule has 38 heavy (non-hydrogen) atoms. The van der Waals surface area contributed by atoms with Crippen LogP contribution in [0, 0.1) is 12.8 Å². The smallest absolute Gasteiger partial charge is 0.273 e. The number of nitrogens with zero attached hydrogens (tertiary/aromatic N) is 5. The Morgan fingerprint density at radius 3 is 2.79 bits per heavy atom. The molecule has 2 amide bonds. The summed E-state index contributed by atoms with van der Waals surface area (Å²) >= 11 is 1.92.